The number of amides is 1. The number of hydrogen-bond acceptors (Lipinski definition) is 1. The molecule has 0 bridgehead atoms. The number of aromatic nitrogens is 1. The molecule has 1 aromatic carbocycles. The Labute approximate surface area is 132 Å². The van der Waals surface area contributed by atoms with Crippen LogP contribution < -0.4 is 9.47 Å². The van der Waals surface area contributed by atoms with Gasteiger partial charge in [0.15, 0.2) is 12.4 Å². The Balaban J connectivity index is 1.52. The van der Waals surface area contributed by atoms with E-state index in [0.29, 0.717) is 6.42 Å². The van der Waals surface area contributed by atoms with Gasteiger partial charge in [0.25, 0.3) is 0 Å². The maximum absolute atomic E-state index is 12.5. The maximum Gasteiger partial charge on any atom is 0.227 e. The number of hydrogen-bond donors (Lipinski definition) is 0. The number of nitrogens with zero attached hydrogens (tertiary/aromatic N) is 2. The second-order valence-corrected chi connectivity index (χ2v) is 6.02. The quantitative estimate of drug-likeness (QED) is 0.614. The number of anilines is 1. The number of unbranched alkanes of at least 4 members (excludes halogenated alkanes) is 1. The van der Waals surface area contributed by atoms with Gasteiger partial charge < -0.3 is 4.90 Å². The number of pyridine rings is 1. The molecule has 2 aromatic rings. The highest BCUT2D eigenvalue weighted by molar-refractivity contribution is 5.96. The van der Waals surface area contributed by atoms with Gasteiger partial charge in [-0.25, -0.2) is 4.57 Å². The Morgan fingerprint density at radius 3 is 2.73 bits per heavy atom. The van der Waals surface area contributed by atoms with E-state index in [1.165, 1.54) is 5.56 Å². The van der Waals surface area contributed by atoms with Crippen LogP contribution in [0.15, 0.2) is 54.9 Å². The average Bonchev–Trinajstić information content (AvgIpc) is 2.88. The van der Waals surface area contributed by atoms with Gasteiger partial charge in [-0.15, -0.1) is 0 Å². The lowest BCUT2D eigenvalue weighted by molar-refractivity contribution is -0.697. The predicted molar refractivity (Wildman–Crippen MR) is 87.6 cm³/mol. The average molecular weight is 295 g/mol. The Morgan fingerprint density at radius 2 is 1.91 bits per heavy atom. The number of carbonyl (C=O) groups is 1. The van der Waals surface area contributed by atoms with Gasteiger partial charge in [0.2, 0.25) is 5.91 Å². The van der Waals surface area contributed by atoms with Crippen molar-refractivity contribution in [2.24, 2.45) is 0 Å². The van der Waals surface area contributed by atoms with Gasteiger partial charge in [-0.2, -0.15) is 0 Å². The summed E-state index contributed by atoms with van der Waals surface area (Å²) in [4.78, 5) is 14.5. The van der Waals surface area contributed by atoms with Crippen LogP contribution in [0.5, 0.6) is 0 Å². The first-order valence-corrected chi connectivity index (χ1v) is 8.10. The highest BCUT2D eigenvalue weighted by Crippen LogP contribution is 2.32. The fourth-order valence-electron chi connectivity index (χ4n) is 3.22. The lowest BCUT2D eigenvalue weighted by Crippen LogP contribution is -2.36. The van der Waals surface area contributed by atoms with Crippen LogP contribution in [0, 0.1) is 0 Å². The number of rotatable bonds is 5. The summed E-state index contributed by atoms with van der Waals surface area (Å²) in [5.41, 5.74) is 2.40. The molecule has 0 spiro atoms. The van der Waals surface area contributed by atoms with Gasteiger partial charge in [-0.05, 0) is 31.4 Å². The fourth-order valence-corrected chi connectivity index (χ4v) is 3.22. The molecule has 0 fully saturated rings. The van der Waals surface area contributed by atoms with Crippen LogP contribution in [-0.4, -0.2) is 11.9 Å². The normalized spacial score (nSPS) is 16.6. The van der Waals surface area contributed by atoms with E-state index in [2.05, 4.69) is 42.1 Å². The van der Waals surface area contributed by atoms with Crippen molar-refractivity contribution in [3.8, 4) is 0 Å². The molecule has 3 heteroatoms. The zero-order valence-electron chi connectivity index (χ0n) is 13.1. The summed E-state index contributed by atoms with van der Waals surface area (Å²) >= 11 is 0. The van der Waals surface area contributed by atoms with E-state index in [1.54, 1.807) is 0 Å². The third kappa shape index (κ3) is 3.19. The summed E-state index contributed by atoms with van der Waals surface area (Å²) in [6.45, 7) is 3.11. The molecule has 0 radical (unpaired) electrons. The van der Waals surface area contributed by atoms with Crippen LogP contribution in [0.4, 0.5) is 5.69 Å². The SMILES string of the molecule is CC1Cc2ccccc2N1C(=O)CCCC[n+]1ccccc1. The van der Waals surface area contributed by atoms with Gasteiger partial charge in [0, 0.05) is 36.7 Å². The van der Waals surface area contributed by atoms with Gasteiger partial charge >= 0.3 is 0 Å². The molecule has 3 rings (SSSR count). The second kappa shape index (κ2) is 6.73. The molecule has 1 amide bonds. The highest BCUT2D eigenvalue weighted by Gasteiger charge is 2.29. The smallest absolute Gasteiger partial charge is 0.227 e. The van der Waals surface area contributed by atoms with Crippen molar-refractivity contribution in [1.82, 2.24) is 0 Å². The topological polar surface area (TPSA) is 24.2 Å². The third-order valence-corrected chi connectivity index (χ3v) is 4.31. The summed E-state index contributed by atoms with van der Waals surface area (Å²) in [7, 11) is 0. The van der Waals surface area contributed by atoms with Crippen molar-refractivity contribution in [3.63, 3.8) is 0 Å². The summed E-state index contributed by atoms with van der Waals surface area (Å²) in [6, 6.07) is 14.6. The van der Waals surface area contributed by atoms with Crippen molar-refractivity contribution in [2.75, 3.05) is 4.90 Å². The maximum atomic E-state index is 12.5. The van der Waals surface area contributed by atoms with E-state index in [0.717, 1.165) is 31.5 Å². The summed E-state index contributed by atoms with van der Waals surface area (Å²) in [5, 5.41) is 0. The summed E-state index contributed by atoms with van der Waals surface area (Å²) in [5.74, 6) is 0.260. The van der Waals surface area contributed by atoms with E-state index in [4.69, 9.17) is 0 Å². The van der Waals surface area contributed by atoms with Gasteiger partial charge in [0.05, 0.1) is 0 Å². The first kappa shape index (κ1) is 14.8. The molecule has 1 aliphatic rings. The molecule has 0 N–H and O–H groups in total. The molecule has 0 saturated heterocycles. The van der Waals surface area contributed by atoms with Crippen molar-refractivity contribution in [1.29, 1.82) is 0 Å². The molecule has 0 aliphatic carbocycles. The molecule has 2 heterocycles. The first-order chi connectivity index (χ1) is 10.8. The Hall–Kier alpha value is -2.16. The van der Waals surface area contributed by atoms with Crippen LogP contribution >= 0.6 is 0 Å². The number of carbonyl (C=O) groups excluding carboxylic acids is 1. The van der Waals surface area contributed by atoms with Crippen molar-refractivity contribution in [3.05, 3.63) is 60.4 Å². The van der Waals surface area contributed by atoms with Crippen LogP contribution in [0.2, 0.25) is 0 Å². The van der Waals surface area contributed by atoms with E-state index in [9.17, 15) is 4.79 Å². The standard InChI is InChI=1S/C19H23N2O/c1-16-15-17-9-3-4-10-18(17)21(16)19(22)11-5-8-14-20-12-6-2-7-13-20/h2-4,6-7,9-10,12-13,16H,5,8,11,14-15H2,1H3/q+1. The fraction of sp³-hybridized carbons (Fsp3) is 0.368. The summed E-state index contributed by atoms with van der Waals surface area (Å²) < 4.78 is 2.16. The van der Waals surface area contributed by atoms with Crippen LogP contribution in [-0.2, 0) is 17.8 Å². The van der Waals surface area contributed by atoms with Gasteiger partial charge in [0.1, 0.15) is 6.54 Å². The minimum Gasteiger partial charge on any atom is -0.309 e. The molecular formula is C19H23N2O+. The number of aryl methyl sites for hydroxylation is 1. The zero-order valence-corrected chi connectivity index (χ0v) is 13.1. The van der Waals surface area contributed by atoms with Crippen LogP contribution in [0.3, 0.4) is 0 Å². The first-order valence-electron chi connectivity index (χ1n) is 8.10. The van der Waals surface area contributed by atoms with E-state index < -0.39 is 0 Å². The molecule has 1 unspecified atom stereocenters. The van der Waals surface area contributed by atoms with Gasteiger partial charge in [-0.1, -0.05) is 24.3 Å². The second-order valence-electron chi connectivity index (χ2n) is 6.02. The minimum atomic E-state index is 0.260. The van der Waals surface area contributed by atoms with Crippen molar-refractivity contribution in [2.45, 2.75) is 45.2 Å². The number of fused-ring (bicyclic) bond motifs is 1. The summed E-state index contributed by atoms with van der Waals surface area (Å²) in [6.07, 6.45) is 7.71. The molecule has 22 heavy (non-hydrogen) atoms. The molecule has 0 saturated carbocycles. The van der Waals surface area contributed by atoms with Crippen molar-refractivity contribution >= 4 is 11.6 Å². The monoisotopic (exact) mass is 295 g/mol. The van der Waals surface area contributed by atoms with E-state index >= 15 is 0 Å². The molecule has 114 valence electrons. The Bertz CT molecular complexity index is 639. The predicted octanol–water partition coefficient (Wildman–Crippen LogP) is 3.12. The molecule has 1 aromatic heterocycles. The van der Waals surface area contributed by atoms with Crippen LogP contribution in [0.1, 0.15) is 31.7 Å². The van der Waals surface area contributed by atoms with Gasteiger partial charge in [-0.3, -0.25) is 4.79 Å². The zero-order chi connectivity index (χ0) is 15.4. The molecular weight excluding hydrogens is 272 g/mol. The minimum absolute atomic E-state index is 0.260. The third-order valence-electron chi connectivity index (χ3n) is 4.31. The number of benzene rings is 1. The molecule has 1 atom stereocenters. The van der Waals surface area contributed by atoms with Crippen molar-refractivity contribution < 1.29 is 9.36 Å². The number of para-hydroxylation sites is 1. The van der Waals surface area contributed by atoms with E-state index in [-0.39, 0.29) is 11.9 Å². The lowest BCUT2D eigenvalue weighted by atomic mass is 10.1. The Morgan fingerprint density at radius 1 is 1.14 bits per heavy atom. The van der Waals surface area contributed by atoms with Crippen LogP contribution in [0.25, 0.3) is 0 Å². The molecule has 3 nitrogen and oxygen atoms in total. The van der Waals surface area contributed by atoms with E-state index in [1.807, 2.05) is 29.2 Å². The lowest BCUT2D eigenvalue weighted by Gasteiger charge is -2.22. The highest BCUT2D eigenvalue weighted by atomic mass is 16.2. The molecule has 1 aliphatic heterocycles. The largest absolute Gasteiger partial charge is 0.309 e. The Kier molecular flexibility index (Phi) is 4.52.